The van der Waals surface area contributed by atoms with Crippen LogP contribution in [-0.2, 0) is 0 Å². The molecule has 76 valence electrons. The van der Waals surface area contributed by atoms with Crippen LogP contribution in [0.3, 0.4) is 0 Å². The molecule has 0 aromatic carbocycles. The van der Waals surface area contributed by atoms with E-state index >= 15 is 0 Å². The number of rotatable bonds is 1. The second-order valence-corrected chi connectivity index (χ2v) is 3.34. The summed E-state index contributed by atoms with van der Waals surface area (Å²) in [4.78, 5) is 5.79. The number of hydrogen-bond donors (Lipinski definition) is 0. The van der Waals surface area contributed by atoms with Crippen molar-refractivity contribution in [1.29, 1.82) is 5.26 Å². The summed E-state index contributed by atoms with van der Waals surface area (Å²) in [6.07, 6.45) is 3.82. The molecule has 0 atom stereocenters. The van der Waals surface area contributed by atoms with Gasteiger partial charge in [0.25, 0.3) is 0 Å². The zero-order valence-electron chi connectivity index (χ0n) is 8.15. The third-order valence-electron chi connectivity index (χ3n) is 2.34. The lowest BCUT2D eigenvalue weighted by Crippen LogP contribution is -2.29. The van der Waals surface area contributed by atoms with Crippen molar-refractivity contribution in [3.05, 3.63) is 35.9 Å². The summed E-state index contributed by atoms with van der Waals surface area (Å²) >= 11 is 0. The van der Waals surface area contributed by atoms with Crippen LogP contribution in [0.25, 0.3) is 0 Å². The second-order valence-electron chi connectivity index (χ2n) is 3.34. The van der Waals surface area contributed by atoms with Crippen LogP contribution in [0.4, 0.5) is 10.1 Å². The third kappa shape index (κ3) is 1.96. The van der Waals surface area contributed by atoms with Gasteiger partial charge in [0.05, 0.1) is 12.2 Å². The van der Waals surface area contributed by atoms with Gasteiger partial charge in [-0.1, -0.05) is 0 Å². The zero-order chi connectivity index (χ0) is 10.7. The molecule has 1 aromatic heterocycles. The Labute approximate surface area is 87.5 Å². The predicted molar refractivity (Wildman–Crippen MR) is 55.0 cm³/mol. The molecule has 0 aliphatic carbocycles. The highest BCUT2D eigenvalue weighted by molar-refractivity contribution is 5.56. The minimum absolute atomic E-state index is 0.144. The van der Waals surface area contributed by atoms with Crippen molar-refractivity contribution in [3.63, 3.8) is 0 Å². The van der Waals surface area contributed by atoms with Crippen LogP contribution >= 0.6 is 0 Å². The summed E-state index contributed by atoms with van der Waals surface area (Å²) in [7, 11) is 0. The molecule has 0 unspecified atom stereocenters. The number of nitrogens with zero attached hydrogens (tertiary/aromatic N) is 3. The maximum Gasteiger partial charge on any atom is 0.163 e. The maximum absolute atomic E-state index is 13.1. The summed E-state index contributed by atoms with van der Waals surface area (Å²) in [6.45, 7) is 0.966. The summed E-state index contributed by atoms with van der Waals surface area (Å²) in [6, 6.07) is 5.57. The van der Waals surface area contributed by atoms with Crippen molar-refractivity contribution in [1.82, 2.24) is 4.98 Å². The van der Waals surface area contributed by atoms with Crippen LogP contribution in [0, 0.1) is 11.3 Å². The summed E-state index contributed by atoms with van der Waals surface area (Å²) in [5.74, 6) is -0.144. The van der Waals surface area contributed by atoms with E-state index in [4.69, 9.17) is 5.26 Å². The Morgan fingerprint density at radius 2 is 2.40 bits per heavy atom. The molecule has 0 amide bonds. The van der Waals surface area contributed by atoms with Gasteiger partial charge >= 0.3 is 0 Å². The van der Waals surface area contributed by atoms with E-state index in [1.165, 1.54) is 0 Å². The largest absolute Gasteiger partial charge is 0.362 e. The second kappa shape index (κ2) is 4.09. The first-order valence-electron chi connectivity index (χ1n) is 4.76. The first-order chi connectivity index (χ1) is 7.31. The fourth-order valence-electron chi connectivity index (χ4n) is 1.65. The van der Waals surface area contributed by atoms with Gasteiger partial charge < -0.3 is 4.90 Å². The van der Waals surface area contributed by atoms with Crippen LogP contribution in [0.2, 0.25) is 0 Å². The molecule has 1 aliphatic rings. The van der Waals surface area contributed by atoms with Crippen molar-refractivity contribution >= 4 is 5.69 Å². The number of nitriles is 1. The van der Waals surface area contributed by atoms with E-state index in [-0.39, 0.29) is 12.4 Å². The minimum atomic E-state index is -0.144. The highest BCUT2D eigenvalue weighted by Crippen LogP contribution is 2.22. The van der Waals surface area contributed by atoms with Gasteiger partial charge in [-0.3, -0.25) is 0 Å². The predicted octanol–water partition coefficient (Wildman–Crippen LogP) is 2.02. The van der Waals surface area contributed by atoms with E-state index in [1.54, 1.807) is 24.4 Å². The molecule has 2 rings (SSSR count). The van der Waals surface area contributed by atoms with E-state index in [1.807, 2.05) is 11.0 Å². The molecule has 3 nitrogen and oxygen atoms in total. The molecule has 1 aliphatic heterocycles. The monoisotopic (exact) mass is 203 g/mol. The molecule has 4 heteroatoms. The lowest BCUT2D eigenvalue weighted by molar-refractivity contribution is 0.574. The Morgan fingerprint density at radius 1 is 1.53 bits per heavy atom. The highest BCUT2D eigenvalue weighted by atomic mass is 19.1. The topological polar surface area (TPSA) is 39.9 Å². The van der Waals surface area contributed by atoms with Gasteiger partial charge in [0, 0.05) is 12.7 Å². The number of hydrogen-bond acceptors (Lipinski definition) is 3. The van der Waals surface area contributed by atoms with Gasteiger partial charge in [-0.25, -0.2) is 9.37 Å². The molecule has 0 bridgehead atoms. The van der Waals surface area contributed by atoms with Gasteiger partial charge in [-0.15, -0.1) is 0 Å². The van der Waals surface area contributed by atoms with Crippen LogP contribution in [0.15, 0.2) is 30.2 Å². The molecule has 0 N–H and O–H groups in total. The van der Waals surface area contributed by atoms with Crippen LogP contribution in [0.1, 0.15) is 12.1 Å². The average molecular weight is 203 g/mol. The lowest BCUT2D eigenvalue weighted by Gasteiger charge is -2.26. The number of anilines is 1. The minimum Gasteiger partial charge on any atom is -0.362 e. The molecule has 0 fully saturated rings. The Hall–Kier alpha value is -1.89. The van der Waals surface area contributed by atoms with Gasteiger partial charge in [0.1, 0.15) is 11.9 Å². The molecule has 1 aromatic rings. The number of aromatic nitrogens is 1. The van der Waals surface area contributed by atoms with E-state index in [0.29, 0.717) is 17.8 Å². The Kier molecular flexibility index (Phi) is 2.64. The Morgan fingerprint density at radius 3 is 3.13 bits per heavy atom. The van der Waals surface area contributed by atoms with Gasteiger partial charge in [0.15, 0.2) is 5.69 Å². The van der Waals surface area contributed by atoms with Gasteiger partial charge in [0.2, 0.25) is 0 Å². The molecule has 0 spiro atoms. The number of halogens is 1. The number of pyridine rings is 1. The molecule has 0 radical (unpaired) electrons. The average Bonchev–Trinajstić information content (AvgIpc) is 2.29. The molecule has 15 heavy (non-hydrogen) atoms. The Bertz CT molecular complexity index is 434. The van der Waals surface area contributed by atoms with Crippen molar-refractivity contribution in [2.45, 2.75) is 6.42 Å². The fourth-order valence-corrected chi connectivity index (χ4v) is 1.65. The smallest absolute Gasteiger partial charge is 0.163 e. The quantitative estimate of drug-likeness (QED) is 0.701. The molecular weight excluding hydrogens is 193 g/mol. The van der Waals surface area contributed by atoms with Gasteiger partial charge in [-0.05, 0) is 24.6 Å². The Balaban J connectivity index is 2.30. The van der Waals surface area contributed by atoms with Crippen molar-refractivity contribution in [2.75, 3.05) is 18.0 Å². The highest BCUT2D eigenvalue weighted by Gasteiger charge is 2.16. The first-order valence-corrected chi connectivity index (χ1v) is 4.76. The standard InChI is InChI=1S/C11H10FN3/c12-9-3-2-6-15(8-9)11-4-1-5-14-10(11)7-13/h1,3-5H,2,6,8H2. The van der Waals surface area contributed by atoms with E-state index in [2.05, 4.69) is 4.98 Å². The fraction of sp³-hybridized carbons (Fsp3) is 0.273. The summed E-state index contributed by atoms with van der Waals surface area (Å²) in [5, 5.41) is 8.87. The van der Waals surface area contributed by atoms with Crippen LogP contribution in [-0.4, -0.2) is 18.1 Å². The van der Waals surface area contributed by atoms with Crippen molar-refractivity contribution in [3.8, 4) is 6.07 Å². The van der Waals surface area contributed by atoms with Crippen LogP contribution in [0.5, 0.6) is 0 Å². The van der Waals surface area contributed by atoms with Gasteiger partial charge in [-0.2, -0.15) is 5.26 Å². The van der Waals surface area contributed by atoms with Crippen LogP contribution < -0.4 is 4.90 Å². The summed E-state index contributed by atoms with van der Waals surface area (Å²) < 4.78 is 13.1. The molecular formula is C11H10FN3. The molecule has 0 saturated carbocycles. The molecule has 0 saturated heterocycles. The van der Waals surface area contributed by atoms with E-state index in [0.717, 1.165) is 6.54 Å². The SMILES string of the molecule is N#Cc1ncccc1N1CCC=C(F)C1. The maximum atomic E-state index is 13.1. The van der Waals surface area contributed by atoms with Crippen molar-refractivity contribution in [2.24, 2.45) is 0 Å². The zero-order valence-corrected chi connectivity index (χ0v) is 8.15. The van der Waals surface area contributed by atoms with E-state index < -0.39 is 0 Å². The van der Waals surface area contributed by atoms with Crippen molar-refractivity contribution < 1.29 is 4.39 Å². The normalized spacial score (nSPS) is 15.7. The first kappa shape index (κ1) is 9.66. The third-order valence-corrected chi connectivity index (χ3v) is 2.34. The lowest BCUT2D eigenvalue weighted by atomic mass is 10.2. The molecule has 2 heterocycles. The van der Waals surface area contributed by atoms with E-state index in [9.17, 15) is 4.39 Å². The summed E-state index contributed by atoms with van der Waals surface area (Å²) in [5.41, 5.74) is 1.07.